The van der Waals surface area contributed by atoms with Crippen molar-refractivity contribution in [3.8, 4) is 0 Å². The van der Waals surface area contributed by atoms with Crippen molar-refractivity contribution in [2.75, 3.05) is 19.7 Å². The zero-order chi connectivity index (χ0) is 14.5. The monoisotopic (exact) mass is 285 g/mol. The molecular formula is C15H21F2NO2. The molecular weight excluding hydrogens is 264 g/mol. The second-order valence-corrected chi connectivity index (χ2v) is 5.18. The maximum Gasteiger partial charge on any atom is 0.131 e. The van der Waals surface area contributed by atoms with Gasteiger partial charge < -0.3 is 15.2 Å². The molecule has 3 unspecified atom stereocenters. The summed E-state index contributed by atoms with van der Waals surface area (Å²) in [6.07, 6.45) is 0.996. The highest BCUT2D eigenvalue weighted by atomic mass is 19.1. The molecule has 1 aliphatic heterocycles. The lowest BCUT2D eigenvalue weighted by molar-refractivity contribution is 0.0856. The summed E-state index contributed by atoms with van der Waals surface area (Å²) in [5.74, 6) is -1.03. The van der Waals surface area contributed by atoms with Gasteiger partial charge in [0.05, 0.1) is 17.8 Å². The molecule has 0 spiro atoms. The van der Waals surface area contributed by atoms with E-state index in [9.17, 15) is 13.9 Å². The van der Waals surface area contributed by atoms with Crippen LogP contribution in [0, 0.1) is 17.6 Å². The molecule has 20 heavy (non-hydrogen) atoms. The molecule has 3 atom stereocenters. The highest BCUT2D eigenvalue weighted by molar-refractivity contribution is 5.22. The number of nitrogens with one attached hydrogen (secondary N) is 1. The molecule has 0 radical (unpaired) electrons. The largest absolute Gasteiger partial charge is 0.387 e. The van der Waals surface area contributed by atoms with Crippen molar-refractivity contribution in [1.29, 1.82) is 0 Å². The molecule has 2 N–H and O–H groups in total. The predicted molar refractivity (Wildman–Crippen MR) is 72.3 cm³/mol. The minimum absolute atomic E-state index is 0.130. The molecule has 0 saturated carbocycles. The molecule has 1 aromatic carbocycles. The molecule has 1 aliphatic rings. The predicted octanol–water partition coefficient (Wildman–Crippen LogP) is 2.40. The summed E-state index contributed by atoms with van der Waals surface area (Å²) in [5.41, 5.74) is -0.269. The first kappa shape index (κ1) is 15.4. The minimum Gasteiger partial charge on any atom is -0.387 e. The third kappa shape index (κ3) is 3.53. The second-order valence-electron chi connectivity index (χ2n) is 5.18. The van der Waals surface area contributed by atoms with E-state index in [1.165, 1.54) is 6.07 Å². The lowest BCUT2D eigenvalue weighted by Gasteiger charge is -2.19. The molecule has 3 nitrogen and oxygen atoms in total. The summed E-state index contributed by atoms with van der Waals surface area (Å²) in [7, 11) is 0. The first-order chi connectivity index (χ1) is 9.63. The van der Waals surface area contributed by atoms with Crippen molar-refractivity contribution in [2.45, 2.75) is 32.0 Å². The fraction of sp³-hybridized carbons (Fsp3) is 0.600. The van der Waals surface area contributed by atoms with Crippen LogP contribution in [0.4, 0.5) is 8.78 Å². The maximum absolute atomic E-state index is 13.5. The number of aliphatic hydroxyl groups excluding tert-OH is 1. The Morgan fingerprint density at radius 3 is 2.75 bits per heavy atom. The van der Waals surface area contributed by atoms with Crippen molar-refractivity contribution in [1.82, 2.24) is 5.32 Å². The van der Waals surface area contributed by atoms with Crippen molar-refractivity contribution in [3.63, 3.8) is 0 Å². The number of rotatable bonds is 6. The molecule has 2 rings (SSSR count). The van der Waals surface area contributed by atoms with E-state index in [4.69, 9.17) is 4.74 Å². The Kier molecular flexibility index (Phi) is 5.46. The summed E-state index contributed by atoms with van der Waals surface area (Å²) in [6, 6.07) is 3.59. The van der Waals surface area contributed by atoms with Gasteiger partial charge in [-0.15, -0.1) is 0 Å². The van der Waals surface area contributed by atoms with E-state index in [0.29, 0.717) is 12.5 Å². The number of benzene rings is 1. The van der Waals surface area contributed by atoms with Crippen LogP contribution in [-0.4, -0.2) is 30.9 Å². The molecule has 1 heterocycles. The lowest BCUT2D eigenvalue weighted by atomic mass is 9.99. The lowest BCUT2D eigenvalue weighted by Crippen LogP contribution is -2.31. The Hall–Kier alpha value is -1.04. The number of hydrogen-bond acceptors (Lipinski definition) is 3. The van der Waals surface area contributed by atoms with Crippen LogP contribution in [-0.2, 0) is 4.74 Å². The minimum atomic E-state index is -1.18. The van der Waals surface area contributed by atoms with Gasteiger partial charge in [-0.1, -0.05) is 13.0 Å². The smallest absolute Gasteiger partial charge is 0.131 e. The highest BCUT2D eigenvalue weighted by Gasteiger charge is 2.26. The average Bonchev–Trinajstić information content (AvgIpc) is 2.86. The first-order valence-corrected chi connectivity index (χ1v) is 7.07. The molecule has 112 valence electrons. The summed E-state index contributed by atoms with van der Waals surface area (Å²) in [4.78, 5) is 0. The molecule has 1 saturated heterocycles. The van der Waals surface area contributed by atoms with E-state index in [2.05, 4.69) is 12.2 Å². The molecule has 0 aliphatic carbocycles. The van der Waals surface area contributed by atoms with Gasteiger partial charge in [-0.3, -0.25) is 0 Å². The van der Waals surface area contributed by atoms with Gasteiger partial charge >= 0.3 is 0 Å². The van der Waals surface area contributed by atoms with Crippen LogP contribution >= 0.6 is 0 Å². The Morgan fingerprint density at radius 1 is 1.40 bits per heavy atom. The highest BCUT2D eigenvalue weighted by Crippen LogP contribution is 2.23. The van der Waals surface area contributed by atoms with Gasteiger partial charge in [-0.25, -0.2) is 8.78 Å². The van der Waals surface area contributed by atoms with Crippen LogP contribution < -0.4 is 5.32 Å². The molecule has 0 bridgehead atoms. The van der Waals surface area contributed by atoms with Gasteiger partial charge in [0.2, 0.25) is 0 Å². The third-order valence-corrected chi connectivity index (χ3v) is 3.83. The molecule has 1 aromatic rings. The number of halogens is 2. The Labute approximate surface area is 117 Å². The summed E-state index contributed by atoms with van der Waals surface area (Å²) in [6.45, 7) is 3.65. The summed E-state index contributed by atoms with van der Waals surface area (Å²) < 4.78 is 32.6. The van der Waals surface area contributed by atoms with Gasteiger partial charge in [0, 0.05) is 19.7 Å². The van der Waals surface area contributed by atoms with Crippen LogP contribution in [0.15, 0.2) is 18.2 Å². The summed E-state index contributed by atoms with van der Waals surface area (Å²) >= 11 is 0. The maximum atomic E-state index is 13.5. The van der Waals surface area contributed by atoms with Crippen LogP contribution in [0.5, 0.6) is 0 Å². The topological polar surface area (TPSA) is 41.5 Å². The third-order valence-electron chi connectivity index (χ3n) is 3.83. The average molecular weight is 285 g/mol. The quantitative estimate of drug-likeness (QED) is 0.843. The first-order valence-electron chi connectivity index (χ1n) is 7.07. The zero-order valence-corrected chi connectivity index (χ0v) is 11.6. The van der Waals surface area contributed by atoms with Crippen molar-refractivity contribution >= 4 is 0 Å². The van der Waals surface area contributed by atoms with E-state index in [1.54, 1.807) is 0 Å². The molecule has 5 heteroatoms. The number of aliphatic hydroxyl groups is 1. The van der Waals surface area contributed by atoms with Crippen LogP contribution in [0.2, 0.25) is 0 Å². The molecule has 0 amide bonds. The fourth-order valence-electron chi connectivity index (χ4n) is 2.71. The number of hydrogen-bond donors (Lipinski definition) is 2. The standard InChI is InChI=1S/C15H21F2NO2/c1-2-14-10(6-7-20-14)8-18-9-13(19)15-11(16)4-3-5-12(15)17/h3-5,10,13-14,18-19H,2,6-9H2,1H3. The Morgan fingerprint density at radius 2 is 2.10 bits per heavy atom. The summed E-state index contributed by atoms with van der Waals surface area (Å²) in [5, 5.41) is 13.0. The SMILES string of the molecule is CCC1OCCC1CNCC(O)c1c(F)cccc1F. The van der Waals surface area contributed by atoms with Gasteiger partial charge in [-0.2, -0.15) is 0 Å². The second kappa shape index (κ2) is 7.11. The van der Waals surface area contributed by atoms with Crippen LogP contribution in [0.3, 0.4) is 0 Å². The number of ether oxygens (including phenoxy) is 1. The van der Waals surface area contributed by atoms with Crippen LogP contribution in [0.25, 0.3) is 0 Å². The van der Waals surface area contributed by atoms with E-state index in [0.717, 1.165) is 31.6 Å². The molecule has 0 aromatic heterocycles. The Balaban J connectivity index is 1.85. The fourth-order valence-corrected chi connectivity index (χ4v) is 2.71. The zero-order valence-electron chi connectivity index (χ0n) is 11.6. The van der Waals surface area contributed by atoms with E-state index in [1.807, 2.05) is 0 Å². The van der Waals surface area contributed by atoms with Crippen LogP contribution in [0.1, 0.15) is 31.4 Å². The van der Waals surface area contributed by atoms with Crippen molar-refractivity contribution in [3.05, 3.63) is 35.4 Å². The Bertz CT molecular complexity index is 422. The van der Waals surface area contributed by atoms with Gasteiger partial charge in [0.15, 0.2) is 0 Å². The van der Waals surface area contributed by atoms with Gasteiger partial charge in [0.25, 0.3) is 0 Å². The van der Waals surface area contributed by atoms with Gasteiger partial charge in [-0.05, 0) is 30.9 Å². The van der Waals surface area contributed by atoms with Gasteiger partial charge in [0.1, 0.15) is 11.6 Å². The van der Waals surface area contributed by atoms with E-state index < -0.39 is 17.7 Å². The van der Waals surface area contributed by atoms with E-state index in [-0.39, 0.29) is 18.2 Å². The molecule has 1 fully saturated rings. The van der Waals surface area contributed by atoms with Crippen molar-refractivity contribution in [2.24, 2.45) is 5.92 Å². The normalized spacial score (nSPS) is 24.0. The van der Waals surface area contributed by atoms with Crippen molar-refractivity contribution < 1.29 is 18.6 Å². The van der Waals surface area contributed by atoms with E-state index >= 15 is 0 Å².